The van der Waals surface area contributed by atoms with Crippen LogP contribution < -0.4 is 5.32 Å². The molecule has 0 bridgehead atoms. The van der Waals surface area contributed by atoms with Gasteiger partial charge in [-0.25, -0.2) is 0 Å². The fourth-order valence-electron chi connectivity index (χ4n) is 2.14. The Morgan fingerprint density at radius 3 is 2.10 bits per heavy atom. The lowest BCUT2D eigenvalue weighted by molar-refractivity contribution is 0.101. The molecule has 1 amide bonds. The van der Waals surface area contributed by atoms with Gasteiger partial charge >= 0.3 is 0 Å². The van der Waals surface area contributed by atoms with Crippen LogP contribution in [0.15, 0.2) is 42.5 Å². The van der Waals surface area contributed by atoms with Crippen LogP contribution in [-0.4, -0.2) is 11.7 Å². The molecule has 20 heavy (non-hydrogen) atoms. The van der Waals surface area contributed by atoms with Crippen LogP contribution >= 0.6 is 0 Å². The zero-order chi connectivity index (χ0) is 14.7. The highest BCUT2D eigenvalue weighted by molar-refractivity contribution is 6.10. The predicted octanol–water partition coefficient (Wildman–Crippen LogP) is 3.76. The quantitative estimate of drug-likeness (QED) is 0.861. The Kier molecular flexibility index (Phi) is 3.99. The minimum Gasteiger partial charge on any atom is -0.321 e. The van der Waals surface area contributed by atoms with E-state index in [0.717, 1.165) is 11.1 Å². The molecule has 2 rings (SSSR count). The molecule has 0 radical (unpaired) electrons. The molecule has 0 saturated carbocycles. The van der Waals surface area contributed by atoms with Crippen molar-refractivity contribution in [3.8, 4) is 0 Å². The molecule has 2 aromatic rings. The summed E-state index contributed by atoms with van der Waals surface area (Å²) in [5, 5.41) is 2.86. The van der Waals surface area contributed by atoms with E-state index in [1.54, 1.807) is 12.1 Å². The molecule has 0 saturated heterocycles. The Balaban J connectivity index is 2.38. The lowest BCUT2D eigenvalue weighted by atomic mass is 10.0. The second kappa shape index (κ2) is 5.70. The molecule has 3 heteroatoms. The van der Waals surface area contributed by atoms with E-state index < -0.39 is 0 Å². The largest absolute Gasteiger partial charge is 0.321 e. The van der Waals surface area contributed by atoms with Gasteiger partial charge < -0.3 is 5.32 Å². The summed E-state index contributed by atoms with van der Waals surface area (Å²) in [4.78, 5) is 24.0. The normalized spacial score (nSPS) is 10.2. The summed E-state index contributed by atoms with van der Waals surface area (Å²) in [5.41, 5.74) is 3.52. The summed E-state index contributed by atoms with van der Waals surface area (Å²) in [6, 6.07) is 12.8. The third-order valence-corrected chi connectivity index (χ3v) is 3.28. The smallest absolute Gasteiger partial charge is 0.255 e. The standard InChI is InChI=1S/C17H17NO2/c1-11-7-4-5-9-14(11)17(20)18-16-12(2)8-6-10-15(16)13(3)19/h4-10H,1-3H3,(H,18,20). The summed E-state index contributed by atoms with van der Waals surface area (Å²) < 4.78 is 0. The predicted molar refractivity (Wildman–Crippen MR) is 80.3 cm³/mol. The number of hydrogen-bond donors (Lipinski definition) is 1. The number of benzene rings is 2. The fourth-order valence-corrected chi connectivity index (χ4v) is 2.14. The highest BCUT2D eigenvalue weighted by Crippen LogP contribution is 2.22. The first-order valence-corrected chi connectivity index (χ1v) is 6.48. The van der Waals surface area contributed by atoms with Gasteiger partial charge in [-0.15, -0.1) is 0 Å². The van der Waals surface area contributed by atoms with Crippen molar-refractivity contribution >= 4 is 17.4 Å². The van der Waals surface area contributed by atoms with Crippen molar-refractivity contribution in [2.45, 2.75) is 20.8 Å². The van der Waals surface area contributed by atoms with E-state index in [-0.39, 0.29) is 11.7 Å². The third-order valence-electron chi connectivity index (χ3n) is 3.28. The van der Waals surface area contributed by atoms with Gasteiger partial charge in [0.25, 0.3) is 5.91 Å². The highest BCUT2D eigenvalue weighted by atomic mass is 16.1. The van der Waals surface area contributed by atoms with E-state index in [2.05, 4.69) is 5.32 Å². The number of carbonyl (C=O) groups excluding carboxylic acids is 2. The number of rotatable bonds is 3. The molecule has 102 valence electrons. The molecule has 0 spiro atoms. The van der Waals surface area contributed by atoms with Gasteiger partial charge in [0, 0.05) is 11.1 Å². The van der Waals surface area contributed by atoms with Crippen LogP contribution in [0.3, 0.4) is 0 Å². The second-order valence-corrected chi connectivity index (χ2v) is 4.82. The zero-order valence-electron chi connectivity index (χ0n) is 11.9. The van der Waals surface area contributed by atoms with Crippen LogP contribution in [0.4, 0.5) is 5.69 Å². The minimum atomic E-state index is -0.195. The van der Waals surface area contributed by atoms with Crippen LogP contribution in [0.25, 0.3) is 0 Å². The average molecular weight is 267 g/mol. The molecule has 1 N–H and O–H groups in total. The Bertz CT molecular complexity index is 674. The van der Waals surface area contributed by atoms with Crippen molar-refractivity contribution < 1.29 is 9.59 Å². The van der Waals surface area contributed by atoms with Gasteiger partial charge in [0.05, 0.1) is 5.69 Å². The maximum absolute atomic E-state index is 12.3. The number of amides is 1. The second-order valence-electron chi connectivity index (χ2n) is 4.82. The van der Waals surface area contributed by atoms with Crippen LogP contribution in [0.1, 0.15) is 38.8 Å². The Hall–Kier alpha value is -2.42. The number of anilines is 1. The molecule has 3 nitrogen and oxygen atoms in total. The Morgan fingerprint density at radius 2 is 1.45 bits per heavy atom. The molecule has 0 unspecified atom stereocenters. The monoisotopic (exact) mass is 267 g/mol. The molecule has 0 aliphatic carbocycles. The third kappa shape index (κ3) is 2.77. The van der Waals surface area contributed by atoms with Crippen LogP contribution in [0.2, 0.25) is 0 Å². The Morgan fingerprint density at radius 1 is 0.850 bits per heavy atom. The first kappa shape index (κ1) is 14.0. The number of Topliss-reactive ketones (excluding diaryl/α,β-unsaturated/α-hetero) is 1. The van der Waals surface area contributed by atoms with E-state index in [1.807, 2.05) is 44.2 Å². The molecule has 0 atom stereocenters. The summed E-state index contributed by atoms with van der Waals surface area (Å²) in [7, 11) is 0. The van der Waals surface area contributed by atoms with Gasteiger partial charge in [-0.3, -0.25) is 9.59 Å². The summed E-state index contributed by atoms with van der Waals surface area (Å²) >= 11 is 0. The van der Waals surface area contributed by atoms with E-state index in [0.29, 0.717) is 16.8 Å². The van der Waals surface area contributed by atoms with Crippen LogP contribution in [0.5, 0.6) is 0 Å². The number of para-hydroxylation sites is 1. The molecular formula is C17H17NO2. The fraction of sp³-hybridized carbons (Fsp3) is 0.176. The zero-order valence-corrected chi connectivity index (χ0v) is 11.9. The molecule has 0 aromatic heterocycles. The number of aryl methyl sites for hydroxylation is 2. The number of ketones is 1. The van der Waals surface area contributed by atoms with E-state index in [9.17, 15) is 9.59 Å². The van der Waals surface area contributed by atoms with Gasteiger partial charge in [-0.1, -0.05) is 30.3 Å². The van der Waals surface area contributed by atoms with Gasteiger partial charge in [0.15, 0.2) is 5.78 Å². The van der Waals surface area contributed by atoms with Crippen molar-refractivity contribution in [3.63, 3.8) is 0 Å². The van der Waals surface area contributed by atoms with Crippen LogP contribution in [0, 0.1) is 13.8 Å². The lowest BCUT2D eigenvalue weighted by Crippen LogP contribution is -2.16. The molecule has 0 heterocycles. The summed E-state index contributed by atoms with van der Waals surface area (Å²) in [6.07, 6.45) is 0. The maximum atomic E-state index is 12.3. The molecule has 0 fully saturated rings. The number of nitrogens with one attached hydrogen (secondary N) is 1. The van der Waals surface area contributed by atoms with Gasteiger partial charge in [0.2, 0.25) is 0 Å². The van der Waals surface area contributed by atoms with Crippen LogP contribution in [-0.2, 0) is 0 Å². The number of carbonyl (C=O) groups is 2. The SMILES string of the molecule is CC(=O)c1cccc(C)c1NC(=O)c1ccccc1C. The molecule has 2 aromatic carbocycles. The van der Waals surface area contributed by atoms with Crippen molar-refractivity contribution in [1.29, 1.82) is 0 Å². The first-order valence-electron chi connectivity index (χ1n) is 6.48. The average Bonchev–Trinajstić information content (AvgIpc) is 2.41. The lowest BCUT2D eigenvalue weighted by Gasteiger charge is -2.13. The maximum Gasteiger partial charge on any atom is 0.255 e. The van der Waals surface area contributed by atoms with Crippen molar-refractivity contribution in [2.24, 2.45) is 0 Å². The minimum absolute atomic E-state index is 0.0613. The molecule has 0 aliphatic rings. The molecular weight excluding hydrogens is 250 g/mol. The van der Waals surface area contributed by atoms with Gasteiger partial charge in [0.1, 0.15) is 0 Å². The van der Waals surface area contributed by atoms with Crippen molar-refractivity contribution in [3.05, 3.63) is 64.7 Å². The highest BCUT2D eigenvalue weighted by Gasteiger charge is 2.14. The van der Waals surface area contributed by atoms with E-state index in [4.69, 9.17) is 0 Å². The first-order chi connectivity index (χ1) is 9.50. The van der Waals surface area contributed by atoms with Gasteiger partial charge in [-0.2, -0.15) is 0 Å². The number of hydrogen-bond acceptors (Lipinski definition) is 2. The van der Waals surface area contributed by atoms with Crippen molar-refractivity contribution in [1.82, 2.24) is 0 Å². The van der Waals surface area contributed by atoms with Crippen molar-refractivity contribution in [2.75, 3.05) is 5.32 Å². The topological polar surface area (TPSA) is 46.2 Å². The molecule has 0 aliphatic heterocycles. The van der Waals surface area contributed by atoms with E-state index in [1.165, 1.54) is 6.92 Å². The Labute approximate surface area is 118 Å². The summed E-state index contributed by atoms with van der Waals surface area (Å²) in [5.74, 6) is -0.256. The summed E-state index contributed by atoms with van der Waals surface area (Å²) in [6.45, 7) is 5.26. The van der Waals surface area contributed by atoms with Gasteiger partial charge in [-0.05, 0) is 44.0 Å². The van der Waals surface area contributed by atoms with E-state index >= 15 is 0 Å².